The molecule has 1 aliphatic rings. The Hall–Kier alpha value is -3.98. The van der Waals surface area contributed by atoms with Gasteiger partial charge < -0.3 is 19.5 Å². The van der Waals surface area contributed by atoms with Crippen LogP contribution in [0.25, 0.3) is 10.8 Å². The third kappa shape index (κ3) is 4.54. The van der Waals surface area contributed by atoms with Gasteiger partial charge in [-0.15, -0.1) is 11.3 Å². The Bertz CT molecular complexity index is 1460. The zero-order valence-corrected chi connectivity index (χ0v) is 20.0. The van der Waals surface area contributed by atoms with Gasteiger partial charge in [-0.2, -0.15) is 0 Å². The van der Waals surface area contributed by atoms with E-state index in [2.05, 4.69) is 10.3 Å². The Morgan fingerprint density at radius 1 is 1.09 bits per heavy atom. The predicted octanol–water partition coefficient (Wildman–Crippen LogP) is 3.10. The molecule has 0 saturated heterocycles. The Morgan fingerprint density at radius 3 is 2.69 bits per heavy atom. The first-order chi connectivity index (χ1) is 17.0. The maximum atomic E-state index is 13.3. The summed E-state index contributed by atoms with van der Waals surface area (Å²) in [6, 6.07) is 14.7. The highest BCUT2D eigenvalue weighted by atomic mass is 32.1. The zero-order chi connectivity index (χ0) is 24.4. The van der Waals surface area contributed by atoms with Crippen molar-refractivity contribution in [3.63, 3.8) is 0 Å². The minimum Gasteiger partial charge on any atom is -0.496 e. The number of rotatable bonds is 5. The van der Waals surface area contributed by atoms with Crippen LogP contribution in [0.15, 0.2) is 64.9 Å². The molecule has 0 saturated carbocycles. The van der Waals surface area contributed by atoms with Crippen LogP contribution in [0.3, 0.4) is 0 Å². The van der Waals surface area contributed by atoms with Crippen molar-refractivity contribution in [2.45, 2.75) is 19.5 Å². The molecule has 4 aromatic rings. The first-order valence-electron chi connectivity index (χ1n) is 11.3. The molecule has 0 radical (unpaired) electrons. The number of nitrogens with one attached hydrogen (secondary N) is 1. The lowest BCUT2D eigenvalue weighted by atomic mass is 10.1. The van der Waals surface area contributed by atoms with E-state index >= 15 is 0 Å². The molecule has 0 unspecified atom stereocenters. The molecule has 9 heteroatoms. The van der Waals surface area contributed by atoms with Gasteiger partial charge >= 0.3 is 0 Å². The van der Waals surface area contributed by atoms with E-state index in [0.717, 1.165) is 15.6 Å². The number of aromatic nitrogens is 2. The first-order valence-corrected chi connectivity index (χ1v) is 12.2. The SMILES string of the molecule is COc1cc(=O)n2c(c1C(=O)NCc1cccs1)CCN(C(=O)c1cc3ccccc3cn1)CC2. The van der Waals surface area contributed by atoms with Gasteiger partial charge in [-0.3, -0.25) is 19.4 Å². The Kier molecular flexibility index (Phi) is 6.33. The normalized spacial score (nSPS) is 13.2. The summed E-state index contributed by atoms with van der Waals surface area (Å²) in [6.07, 6.45) is 2.04. The van der Waals surface area contributed by atoms with Gasteiger partial charge in [0.25, 0.3) is 17.4 Å². The van der Waals surface area contributed by atoms with Crippen molar-refractivity contribution in [1.29, 1.82) is 0 Å². The number of nitrogens with zero attached hydrogens (tertiary/aromatic N) is 3. The summed E-state index contributed by atoms with van der Waals surface area (Å²) in [7, 11) is 1.44. The average molecular weight is 489 g/mol. The van der Waals surface area contributed by atoms with Crippen LogP contribution in [0.1, 0.15) is 31.4 Å². The monoisotopic (exact) mass is 488 g/mol. The average Bonchev–Trinajstić information content (AvgIpc) is 3.31. The molecule has 35 heavy (non-hydrogen) atoms. The van der Waals surface area contributed by atoms with Crippen LogP contribution in [-0.2, 0) is 19.5 Å². The van der Waals surface area contributed by atoms with Crippen molar-refractivity contribution in [2.75, 3.05) is 20.2 Å². The molecule has 1 aliphatic heterocycles. The number of pyridine rings is 2. The summed E-state index contributed by atoms with van der Waals surface area (Å²) in [4.78, 5) is 46.4. The third-order valence-corrected chi connectivity index (χ3v) is 7.06. The number of amides is 2. The highest BCUT2D eigenvalue weighted by Gasteiger charge is 2.27. The van der Waals surface area contributed by atoms with Gasteiger partial charge in [-0.1, -0.05) is 30.3 Å². The second-order valence-electron chi connectivity index (χ2n) is 8.25. The van der Waals surface area contributed by atoms with Gasteiger partial charge in [0.2, 0.25) is 0 Å². The summed E-state index contributed by atoms with van der Waals surface area (Å²) >= 11 is 1.56. The molecule has 0 bridgehead atoms. The number of thiophene rings is 1. The molecule has 8 nitrogen and oxygen atoms in total. The molecule has 0 spiro atoms. The largest absolute Gasteiger partial charge is 0.496 e. The molecule has 0 fully saturated rings. The van der Waals surface area contributed by atoms with Gasteiger partial charge in [-0.05, 0) is 22.9 Å². The van der Waals surface area contributed by atoms with Crippen LogP contribution in [-0.4, -0.2) is 46.5 Å². The van der Waals surface area contributed by atoms with E-state index in [-0.39, 0.29) is 29.7 Å². The van der Waals surface area contributed by atoms with Crippen molar-refractivity contribution in [1.82, 2.24) is 19.8 Å². The minimum absolute atomic E-state index is 0.202. The van der Waals surface area contributed by atoms with E-state index < -0.39 is 0 Å². The predicted molar refractivity (Wildman–Crippen MR) is 134 cm³/mol. The summed E-state index contributed by atoms with van der Waals surface area (Å²) in [5, 5.41) is 6.78. The van der Waals surface area contributed by atoms with Gasteiger partial charge in [-0.25, -0.2) is 0 Å². The van der Waals surface area contributed by atoms with Crippen LogP contribution >= 0.6 is 11.3 Å². The number of ether oxygens (including phenoxy) is 1. The molecular formula is C26H24N4O4S. The highest BCUT2D eigenvalue weighted by Crippen LogP contribution is 2.24. The molecule has 2 amide bonds. The molecule has 1 N–H and O–H groups in total. The molecule has 4 heterocycles. The van der Waals surface area contributed by atoms with Gasteiger partial charge in [0.1, 0.15) is 17.0 Å². The maximum absolute atomic E-state index is 13.3. The lowest BCUT2D eigenvalue weighted by Crippen LogP contribution is -2.34. The molecule has 5 rings (SSSR count). The third-order valence-electron chi connectivity index (χ3n) is 6.18. The summed E-state index contributed by atoms with van der Waals surface area (Å²) in [5.74, 6) is -0.275. The molecular weight excluding hydrogens is 464 g/mol. The number of benzene rings is 1. The van der Waals surface area contributed by atoms with E-state index in [4.69, 9.17) is 4.74 Å². The number of carbonyl (C=O) groups is 2. The highest BCUT2D eigenvalue weighted by molar-refractivity contribution is 7.09. The molecule has 1 aromatic carbocycles. The lowest BCUT2D eigenvalue weighted by molar-refractivity contribution is 0.0753. The van der Waals surface area contributed by atoms with Crippen LogP contribution in [0.4, 0.5) is 0 Å². The number of carbonyl (C=O) groups excluding carboxylic acids is 2. The first kappa shape index (κ1) is 22.8. The smallest absolute Gasteiger partial charge is 0.272 e. The second kappa shape index (κ2) is 9.71. The number of hydrogen-bond acceptors (Lipinski definition) is 6. The quantitative estimate of drug-likeness (QED) is 0.466. The van der Waals surface area contributed by atoms with Crippen LogP contribution < -0.4 is 15.6 Å². The topological polar surface area (TPSA) is 93.5 Å². The van der Waals surface area contributed by atoms with Crippen LogP contribution in [0, 0.1) is 0 Å². The van der Waals surface area contributed by atoms with E-state index in [9.17, 15) is 14.4 Å². The summed E-state index contributed by atoms with van der Waals surface area (Å²) in [5.41, 5.74) is 1.000. The van der Waals surface area contributed by atoms with Crippen LogP contribution in [0.5, 0.6) is 5.75 Å². The zero-order valence-electron chi connectivity index (χ0n) is 19.2. The van der Waals surface area contributed by atoms with Gasteiger partial charge in [0.15, 0.2) is 0 Å². The number of methoxy groups -OCH3 is 1. The standard InChI is InChI=1S/C26H24N4O4S/c1-34-22-14-23(31)30-11-10-29(26(33)20-13-17-5-2-3-6-18(17)15-27-20)9-8-21(30)24(22)25(32)28-16-19-7-4-12-35-19/h2-7,12-15H,8-11,16H2,1H3,(H,28,32). The fourth-order valence-electron chi connectivity index (χ4n) is 4.39. The second-order valence-corrected chi connectivity index (χ2v) is 9.28. The van der Waals surface area contributed by atoms with Gasteiger partial charge in [0, 0.05) is 54.3 Å². The molecule has 0 atom stereocenters. The van der Waals surface area contributed by atoms with Crippen molar-refractivity contribution < 1.29 is 14.3 Å². The maximum Gasteiger partial charge on any atom is 0.272 e. The Morgan fingerprint density at radius 2 is 1.91 bits per heavy atom. The summed E-state index contributed by atoms with van der Waals surface area (Å²) < 4.78 is 6.99. The molecule has 3 aromatic heterocycles. The van der Waals surface area contributed by atoms with Crippen molar-refractivity contribution >= 4 is 33.9 Å². The van der Waals surface area contributed by atoms with E-state index in [1.165, 1.54) is 13.2 Å². The minimum atomic E-state index is -0.310. The van der Waals surface area contributed by atoms with Crippen LogP contribution in [0.2, 0.25) is 0 Å². The van der Waals surface area contributed by atoms with Gasteiger partial charge in [0.05, 0.1) is 13.7 Å². The van der Waals surface area contributed by atoms with E-state index in [0.29, 0.717) is 43.0 Å². The summed E-state index contributed by atoms with van der Waals surface area (Å²) in [6.45, 7) is 1.35. The Balaban J connectivity index is 1.41. The van der Waals surface area contributed by atoms with Crippen molar-refractivity contribution in [3.8, 4) is 5.75 Å². The number of hydrogen-bond donors (Lipinski definition) is 1. The Labute approximate surface area is 205 Å². The fraction of sp³-hybridized carbons (Fsp3) is 0.231. The van der Waals surface area contributed by atoms with E-state index in [1.54, 1.807) is 33.1 Å². The molecule has 178 valence electrons. The lowest BCUT2D eigenvalue weighted by Gasteiger charge is -2.19. The van der Waals surface area contributed by atoms with Crippen molar-refractivity contribution in [2.24, 2.45) is 0 Å². The van der Waals surface area contributed by atoms with Crippen molar-refractivity contribution in [3.05, 3.63) is 92.3 Å². The van der Waals surface area contributed by atoms with E-state index in [1.807, 2.05) is 41.8 Å². The molecule has 0 aliphatic carbocycles. The fourth-order valence-corrected chi connectivity index (χ4v) is 5.03. The number of fused-ring (bicyclic) bond motifs is 2.